The summed E-state index contributed by atoms with van der Waals surface area (Å²) in [6.07, 6.45) is 3.11. The number of ether oxygens (including phenoxy) is 1. The largest absolute Gasteiger partial charge is 0.399 e. The van der Waals surface area contributed by atoms with E-state index in [0.29, 0.717) is 17.9 Å². The summed E-state index contributed by atoms with van der Waals surface area (Å²) in [6, 6.07) is 5.72. The second-order valence-electron chi connectivity index (χ2n) is 4.57. The van der Waals surface area contributed by atoms with Crippen LogP contribution in [0, 0.1) is 0 Å². The molecule has 2 atom stereocenters. The van der Waals surface area contributed by atoms with E-state index in [4.69, 9.17) is 22.1 Å². The number of halogens is 1. The highest BCUT2D eigenvalue weighted by Gasteiger charge is 2.34. The van der Waals surface area contributed by atoms with Crippen molar-refractivity contribution in [2.45, 2.75) is 25.0 Å². The molecule has 86 valence electrons. The van der Waals surface area contributed by atoms with E-state index in [1.54, 1.807) is 0 Å². The molecule has 2 aliphatic heterocycles. The van der Waals surface area contributed by atoms with Gasteiger partial charge < -0.3 is 15.4 Å². The van der Waals surface area contributed by atoms with Crippen LogP contribution in [0.15, 0.2) is 18.2 Å². The number of fused-ring (bicyclic) bond motifs is 2. The summed E-state index contributed by atoms with van der Waals surface area (Å²) in [5.74, 6) is 0. The first kappa shape index (κ1) is 10.2. The third-order valence-electron chi connectivity index (χ3n) is 3.36. The molecule has 4 heteroatoms. The van der Waals surface area contributed by atoms with Crippen molar-refractivity contribution in [1.29, 1.82) is 0 Å². The summed E-state index contributed by atoms with van der Waals surface area (Å²) >= 11 is 6.22. The lowest BCUT2D eigenvalue weighted by Gasteiger charge is -2.34. The standard InChI is InChI=1S/C12H15ClN2O/c13-11-5-8(14)1-4-12(11)15-6-9-2-3-10(7-15)16-9/h1,4-5,9-10H,2-3,6-7,14H2. The molecule has 0 aliphatic carbocycles. The summed E-state index contributed by atoms with van der Waals surface area (Å²) < 4.78 is 5.80. The van der Waals surface area contributed by atoms with Gasteiger partial charge in [-0.15, -0.1) is 0 Å². The monoisotopic (exact) mass is 238 g/mol. The maximum absolute atomic E-state index is 6.22. The van der Waals surface area contributed by atoms with Gasteiger partial charge in [0.2, 0.25) is 0 Å². The van der Waals surface area contributed by atoms with E-state index in [1.165, 1.54) is 12.8 Å². The lowest BCUT2D eigenvalue weighted by atomic mass is 10.2. The lowest BCUT2D eigenvalue weighted by Crippen LogP contribution is -2.42. The van der Waals surface area contributed by atoms with Crippen molar-refractivity contribution in [2.24, 2.45) is 0 Å². The van der Waals surface area contributed by atoms with Crippen molar-refractivity contribution in [2.75, 3.05) is 23.7 Å². The Morgan fingerprint density at radius 1 is 1.25 bits per heavy atom. The fourth-order valence-electron chi connectivity index (χ4n) is 2.59. The molecule has 0 aromatic heterocycles. The average molecular weight is 239 g/mol. The van der Waals surface area contributed by atoms with Crippen LogP contribution in [0.2, 0.25) is 5.02 Å². The minimum absolute atomic E-state index is 0.382. The molecule has 2 unspecified atom stereocenters. The Kier molecular flexibility index (Phi) is 2.45. The van der Waals surface area contributed by atoms with Gasteiger partial charge in [-0.3, -0.25) is 0 Å². The summed E-state index contributed by atoms with van der Waals surface area (Å²) in [5, 5.41) is 0.737. The highest BCUT2D eigenvalue weighted by atomic mass is 35.5. The molecule has 2 bridgehead atoms. The molecule has 16 heavy (non-hydrogen) atoms. The molecular weight excluding hydrogens is 224 g/mol. The van der Waals surface area contributed by atoms with Crippen LogP contribution in [0.5, 0.6) is 0 Å². The molecule has 2 N–H and O–H groups in total. The summed E-state index contributed by atoms with van der Waals surface area (Å²) in [6.45, 7) is 1.89. The van der Waals surface area contributed by atoms with Crippen LogP contribution in [0.1, 0.15) is 12.8 Å². The van der Waals surface area contributed by atoms with Crippen molar-refractivity contribution < 1.29 is 4.74 Å². The van der Waals surface area contributed by atoms with E-state index >= 15 is 0 Å². The minimum Gasteiger partial charge on any atom is -0.399 e. The molecule has 1 aromatic carbocycles. The number of anilines is 2. The first-order valence-electron chi connectivity index (χ1n) is 5.68. The molecular formula is C12H15ClN2O. The number of nitrogens with two attached hydrogens (primary N) is 1. The fourth-order valence-corrected chi connectivity index (χ4v) is 2.90. The van der Waals surface area contributed by atoms with Gasteiger partial charge in [-0.1, -0.05) is 11.6 Å². The van der Waals surface area contributed by atoms with Crippen molar-refractivity contribution in [1.82, 2.24) is 0 Å². The molecule has 2 heterocycles. The smallest absolute Gasteiger partial charge is 0.0755 e. The Balaban J connectivity index is 1.87. The van der Waals surface area contributed by atoms with E-state index in [-0.39, 0.29) is 0 Å². The number of morpholine rings is 1. The van der Waals surface area contributed by atoms with Gasteiger partial charge in [0, 0.05) is 18.8 Å². The number of nitrogen functional groups attached to an aromatic ring is 1. The van der Waals surface area contributed by atoms with Crippen molar-refractivity contribution >= 4 is 23.0 Å². The third kappa shape index (κ3) is 1.74. The van der Waals surface area contributed by atoms with Gasteiger partial charge in [-0.05, 0) is 31.0 Å². The zero-order valence-electron chi connectivity index (χ0n) is 9.03. The van der Waals surface area contributed by atoms with Gasteiger partial charge in [0.15, 0.2) is 0 Å². The molecule has 0 amide bonds. The van der Waals surface area contributed by atoms with E-state index in [0.717, 1.165) is 23.8 Å². The van der Waals surface area contributed by atoms with E-state index in [9.17, 15) is 0 Å². The summed E-state index contributed by atoms with van der Waals surface area (Å²) in [5.41, 5.74) is 7.49. The van der Waals surface area contributed by atoms with Crippen LogP contribution in [0.3, 0.4) is 0 Å². The highest BCUT2D eigenvalue weighted by Crippen LogP contribution is 2.34. The van der Waals surface area contributed by atoms with Gasteiger partial charge in [0.05, 0.1) is 22.9 Å². The zero-order chi connectivity index (χ0) is 11.1. The molecule has 2 aliphatic rings. The maximum Gasteiger partial charge on any atom is 0.0755 e. The molecule has 2 saturated heterocycles. The van der Waals surface area contributed by atoms with Gasteiger partial charge >= 0.3 is 0 Å². The van der Waals surface area contributed by atoms with Gasteiger partial charge in [0.25, 0.3) is 0 Å². The Bertz CT molecular complexity index is 398. The summed E-state index contributed by atoms with van der Waals surface area (Å²) in [4.78, 5) is 2.31. The highest BCUT2D eigenvalue weighted by molar-refractivity contribution is 6.33. The second-order valence-corrected chi connectivity index (χ2v) is 4.98. The first-order chi connectivity index (χ1) is 7.72. The van der Waals surface area contributed by atoms with Crippen LogP contribution < -0.4 is 10.6 Å². The second kappa shape index (κ2) is 3.82. The molecule has 0 spiro atoms. The number of hydrogen-bond donors (Lipinski definition) is 1. The van der Waals surface area contributed by atoms with E-state index in [2.05, 4.69) is 4.90 Å². The first-order valence-corrected chi connectivity index (χ1v) is 6.05. The van der Waals surface area contributed by atoms with Crippen LogP contribution in [0.4, 0.5) is 11.4 Å². The molecule has 0 saturated carbocycles. The Labute approximate surface area is 100 Å². The quantitative estimate of drug-likeness (QED) is 0.763. The number of nitrogens with zero attached hydrogens (tertiary/aromatic N) is 1. The van der Waals surface area contributed by atoms with Crippen molar-refractivity contribution in [3.63, 3.8) is 0 Å². The zero-order valence-corrected chi connectivity index (χ0v) is 9.78. The maximum atomic E-state index is 6.22. The SMILES string of the molecule is Nc1ccc(N2CC3CCC(C2)O3)c(Cl)c1. The number of hydrogen-bond acceptors (Lipinski definition) is 3. The number of benzene rings is 1. The number of rotatable bonds is 1. The predicted octanol–water partition coefficient (Wildman–Crippen LogP) is 2.29. The topological polar surface area (TPSA) is 38.5 Å². The molecule has 1 aromatic rings. The Hall–Kier alpha value is -0.930. The molecule has 2 fully saturated rings. The molecule has 3 rings (SSSR count). The Morgan fingerprint density at radius 3 is 2.56 bits per heavy atom. The van der Waals surface area contributed by atoms with Crippen molar-refractivity contribution in [3.8, 4) is 0 Å². The van der Waals surface area contributed by atoms with Crippen LogP contribution >= 0.6 is 11.6 Å². The normalized spacial score (nSPS) is 28.4. The van der Waals surface area contributed by atoms with Crippen LogP contribution in [0.25, 0.3) is 0 Å². The van der Waals surface area contributed by atoms with Gasteiger partial charge in [-0.2, -0.15) is 0 Å². The lowest BCUT2D eigenvalue weighted by molar-refractivity contribution is 0.0305. The van der Waals surface area contributed by atoms with Gasteiger partial charge in [0.1, 0.15) is 0 Å². The minimum atomic E-state index is 0.382. The molecule has 3 nitrogen and oxygen atoms in total. The average Bonchev–Trinajstić information content (AvgIpc) is 2.58. The van der Waals surface area contributed by atoms with E-state index < -0.39 is 0 Å². The summed E-state index contributed by atoms with van der Waals surface area (Å²) in [7, 11) is 0. The predicted molar refractivity (Wildman–Crippen MR) is 66.0 cm³/mol. The van der Waals surface area contributed by atoms with Gasteiger partial charge in [-0.25, -0.2) is 0 Å². The fraction of sp³-hybridized carbons (Fsp3) is 0.500. The van der Waals surface area contributed by atoms with Crippen molar-refractivity contribution in [3.05, 3.63) is 23.2 Å². The molecule has 0 radical (unpaired) electrons. The van der Waals surface area contributed by atoms with E-state index in [1.807, 2.05) is 18.2 Å². The van der Waals surface area contributed by atoms with Crippen LogP contribution in [-0.2, 0) is 4.74 Å². The Morgan fingerprint density at radius 2 is 1.94 bits per heavy atom. The third-order valence-corrected chi connectivity index (χ3v) is 3.66. The van der Waals surface area contributed by atoms with Crippen LogP contribution in [-0.4, -0.2) is 25.3 Å².